The maximum absolute atomic E-state index is 13.5. The van der Waals surface area contributed by atoms with Crippen LogP contribution in [0, 0.1) is 6.92 Å². The number of rotatable bonds is 5. The van der Waals surface area contributed by atoms with Crippen molar-refractivity contribution in [3.8, 4) is 5.75 Å². The van der Waals surface area contributed by atoms with Crippen LogP contribution in [0.15, 0.2) is 58.6 Å². The van der Waals surface area contributed by atoms with Crippen molar-refractivity contribution in [2.24, 2.45) is 0 Å². The second kappa shape index (κ2) is 8.34. The van der Waals surface area contributed by atoms with Crippen molar-refractivity contribution in [2.45, 2.75) is 26.0 Å². The third-order valence-corrected chi connectivity index (χ3v) is 7.92. The molecule has 0 bridgehead atoms. The lowest BCUT2D eigenvalue weighted by Crippen LogP contribution is -2.39. The Labute approximate surface area is 187 Å². The van der Waals surface area contributed by atoms with E-state index in [1.54, 1.807) is 34.0 Å². The topological polar surface area (TPSA) is 42.4 Å². The van der Waals surface area contributed by atoms with Gasteiger partial charge in [0, 0.05) is 27.2 Å². The molecule has 1 aromatic carbocycles. The van der Waals surface area contributed by atoms with Gasteiger partial charge >= 0.3 is 0 Å². The number of aromatic nitrogens is 1. The predicted octanol–water partition coefficient (Wildman–Crippen LogP) is 5.94. The average Bonchev–Trinajstić information content (AvgIpc) is 3.53. The van der Waals surface area contributed by atoms with Crippen molar-refractivity contribution in [1.29, 1.82) is 0 Å². The summed E-state index contributed by atoms with van der Waals surface area (Å²) in [6.45, 7) is 3.11. The molecule has 0 saturated carbocycles. The van der Waals surface area contributed by atoms with Crippen molar-refractivity contribution in [2.75, 3.05) is 6.54 Å². The molecule has 1 aliphatic heterocycles. The SMILES string of the molecule is Cc1nc(COc2cccc(C(=O)N3CCc4sccc4C3c3cccs3)c2)cs1. The van der Waals surface area contributed by atoms with Gasteiger partial charge in [-0.2, -0.15) is 0 Å². The van der Waals surface area contributed by atoms with E-state index in [1.165, 1.54) is 15.3 Å². The van der Waals surface area contributed by atoms with Crippen LogP contribution in [0.5, 0.6) is 5.75 Å². The number of ether oxygens (including phenoxy) is 1. The maximum atomic E-state index is 13.5. The Bertz CT molecular complexity index is 1160. The van der Waals surface area contributed by atoms with Crippen LogP contribution in [-0.2, 0) is 13.0 Å². The molecule has 1 aliphatic rings. The molecule has 5 rings (SSSR count). The molecule has 0 saturated heterocycles. The Hall–Kier alpha value is -2.48. The van der Waals surface area contributed by atoms with Gasteiger partial charge in [0.15, 0.2) is 0 Å². The quantitative estimate of drug-likeness (QED) is 0.376. The highest BCUT2D eigenvalue weighted by molar-refractivity contribution is 7.10. The van der Waals surface area contributed by atoms with Crippen LogP contribution in [0.1, 0.15) is 42.4 Å². The normalized spacial score (nSPS) is 15.8. The molecule has 0 aliphatic carbocycles. The molecule has 1 unspecified atom stereocenters. The maximum Gasteiger partial charge on any atom is 0.254 e. The van der Waals surface area contributed by atoms with E-state index in [0.717, 1.165) is 23.7 Å². The summed E-state index contributed by atoms with van der Waals surface area (Å²) in [6, 6.07) is 13.8. The van der Waals surface area contributed by atoms with E-state index in [2.05, 4.69) is 33.9 Å². The smallest absolute Gasteiger partial charge is 0.254 e. The fourth-order valence-corrected chi connectivity index (χ4v) is 6.16. The zero-order valence-electron chi connectivity index (χ0n) is 16.4. The fourth-order valence-electron chi connectivity index (χ4n) is 3.81. The van der Waals surface area contributed by atoms with Gasteiger partial charge in [-0.05, 0) is 60.0 Å². The van der Waals surface area contributed by atoms with Gasteiger partial charge in [0.1, 0.15) is 12.4 Å². The van der Waals surface area contributed by atoms with Gasteiger partial charge in [0.2, 0.25) is 0 Å². The summed E-state index contributed by atoms with van der Waals surface area (Å²) < 4.78 is 5.90. The first-order valence-corrected chi connectivity index (χ1v) is 12.4. The van der Waals surface area contributed by atoms with Gasteiger partial charge in [-0.15, -0.1) is 34.0 Å². The lowest BCUT2D eigenvalue weighted by Gasteiger charge is -2.35. The molecule has 3 aromatic heterocycles. The molecule has 4 aromatic rings. The largest absolute Gasteiger partial charge is 0.487 e. The number of thiophene rings is 2. The lowest BCUT2D eigenvalue weighted by molar-refractivity contribution is 0.0698. The monoisotopic (exact) mass is 452 g/mol. The van der Waals surface area contributed by atoms with Gasteiger partial charge in [0.25, 0.3) is 5.91 Å². The second-order valence-corrected chi connectivity index (χ2v) is 10.2. The summed E-state index contributed by atoms with van der Waals surface area (Å²) in [5.41, 5.74) is 2.82. The number of thiazole rings is 1. The second-order valence-electron chi connectivity index (χ2n) is 7.14. The van der Waals surface area contributed by atoms with Crippen molar-refractivity contribution < 1.29 is 9.53 Å². The summed E-state index contributed by atoms with van der Waals surface area (Å²) in [5, 5.41) is 7.23. The van der Waals surface area contributed by atoms with E-state index in [9.17, 15) is 4.79 Å². The number of amides is 1. The highest BCUT2D eigenvalue weighted by Crippen LogP contribution is 2.40. The van der Waals surface area contributed by atoms with Crippen LogP contribution in [0.25, 0.3) is 0 Å². The number of benzene rings is 1. The summed E-state index contributed by atoms with van der Waals surface area (Å²) in [5.74, 6) is 0.729. The summed E-state index contributed by atoms with van der Waals surface area (Å²) in [7, 11) is 0. The minimum absolute atomic E-state index is 0.0185. The highest BCUT2D eigenvalue weighted by Gasteiger charge is 2.33. The zero-order valence-corrected chi connectivity index (χ0v) is 18.9. The third-order valence-electron chi connectivity index (χ3n) is 5.17. The van der Waals surface area contributed by atoms with Crippen LogP contribution in [0.2, 0.25) is 0 Å². The number of nitrogens with zero attached hydrogens (tertiary/aromatic N) is 2. The number of hydrogen-bond acceptors (Lipinski definition) is 6. The molecule has 0 fully saturated rings. The predicted molar refractivity (Wildman–Crippen MR) is 123 cm³/mol. The van der Waals surface area contributed by atoms with Gasteiger partial charge in [-0.3, -0.25) is 4.79 Å². The minimum atomic E-state index is -0.0185. The van der Waals surface area contributed by atoms with E-state index in [0.29, 0.717) is 17.9 Å². The van der Waals surface area contributed by atoms with E-state index < -0.39 is 0 Å². The average molecular weight is 453 g/mol. The standard InChI is InChI=1S/C23H20N2O2S3/c1-15-24-17(14-30-15)13-27-18-5-2-4-16(12-18)23(26)25-9-7-20-19(8-11-29-20)22(25)21-6-3-10-28-21/h2-6,8,10-12,14,22H,7,9,13H2,1H3. The fraction of sp³-hybridized carbons (Fsp3) is 0.217. The zero-order chi connectivity index (χ0) is 20.5. The van der Waals surface area contributed by atoms with E-state index >= 15 is 0 Å². The van der Waals surface area contributed by atoms with E-state index in [4.69, 9.17) is 4.74 Å². The Morgan fingerprint density at radius 3 is 2.90 bits per heavy atom. The minimum Gasteiger partial charge on any atom is -0.487 e. The van der Waals surface area contributed by atoms with Gasteiger partial charge < -0.3 is 9.64 Å². The van der Waals surface area contributed by atoms with Crippen molar-refractivity contribution in [1.82, 2.24) is 9.88 Å². The van der Waals surface area contributed by atoms with E-state index in [1.807, 2.05) is 41.5 Å². The number of aryl methyl sites for hydroxylation is 1. The number of fused-ring (bicyclic) bond motifs is 1. The molecule has 1 amide bonds. The molecule has 30 heavy (non-hydrogen) atoms. The Balaban J connectivity index is 1.40. The Kier molecular flexibility index (Phi) is 5.41. The van der Waals surface area contributed by atoms with Crippen LogP contribution in [0.4, 0.5) is 0 Å². The Morgan fingerprint density at radius 1 is 1.17 bits per heavy atom. The number of hydrogen-bond donors (Lipinski definition) is 0. The van der Waals surface area contributed by atoms with E-state index in [-0.39, 0.29) is 11.9 Å². The van der Waals surface area contributed by atoms with Crippen molar-refractivity contribution in [3.05, 3.63) is 90.2 Å². The number of carbonyl (C=O) groups is 1. The van der Waals surface area contributed by atoms with Crippen LogP contribution < -0.4 is 4.74 Å². The molecule has 7 heteroatoms. The van der Waals surface area contributed by atoms with Crippen LogP contribution in [-0.4, -0.2) is 22.3 Å². The molecule has 0 spiro atoms. The summed E-state index contributed by atoms with van der Waals surface area (Å²) >= 11 is 5.10. The summed E-state index contributed by atoms with van der Waals surface area (Å²) in [4.78, 5) is 22.6. The van der Waals surface area contributed by atoms with Gasteiger partial charge in [-0.1, -0.05) is 12.1 Å². The first-order valence-electron chi connectivity index (χ1n) is 9.73. The summed E-state index contributed by atoms with van der Waals surface area (Å²) in [6.07, 6.45) is 0.903. The van der Waals surface area contributed by atoms with Crippen molar-refractivity contribution in [3.63, 3.8) is 0 Å². The van der Waals surface area contributed by atoms with Gasteiger partial charge in [0.05, 0.1) is 16.7 Å². The molecule has 0 radical (unpaired) electrons. The third kappa shape index (κ3) is 3.80. The first kappa shape index (κ1) is 19.5. The Morgan fingerprint density at radius 2 is 2.10 bits per heavy atom. The van der Waals surface area contributed by atoms with Crippen LogP contribution >= 0.6 is 34.0 Å². The van der Waals surface area contributed by atoms with Gasteiger partial charge in [-0.25, -0.2) is 4.98 Å². The molecule has 1 atom stereocenters. The molecule has 4 heterocycles. The van der Waals surface area contributed by atoms with Crippen molar-refractivity contribution >= 4 is 39.9 Å². The lowest BCUT2D eigenvalue weighted by atomic mass is 9.97. The molecular weight excluding hydrogens is 432 g/mol. The molecule has 152 valence electrons. The highest BCUT2D eigenvalue weighted by atomic mass is 32.1. The molecule has 0 N–H and O–H groups in total. The molecular formula is C23H20N2O2S3. The van der Waals surface area contributed by atoms with Crippen LogP contribution in [0.3, 0.4) is 0 Å². The molecule has 4 nitrogen and oxygen atoms in total. The number of carbonyl (C=O) groups excluding carboxylic acids is 1. The first-order chi connectivity index (χ1) is 14.7.